The zero-order valence-electron chi connectivity index (χ0n) is 12.0. The lowest BCUT2D eigenvalue weighted by atomic mass is 10.2. The van der Waals surface area contributed by atoms with E-state index in [0.717, 1.165) is 11.4 Å². The van der Waals surface area contributed by atoms with Crippen molar-refractivity contribution in [2.45, 2.75) is 6.92 Å². The molecule has 0 radical (unpaired) electrons. The molecule has 0 unspecified atom stereocenters. The molecule has 0 saturated heterocycles. The number of nitrogens with zero attached hydrogens (tertiary/aromatic N) is 3. The molecule has 1 amide bonds. The standard InChI is InChI=1S/C16H16N4O/c1-3-18-16(21)15-10-14(7-8-19-15)20(2)13-6-4-5-12(9-13)11-17/h4-10H,3H2,1-2H3,(H,18,21). The van der Waals surface area contributed by atoms with Crippen LogP contribution < -0.4 is 10.2 Å². The molecule has 1 heterocycles. The molecule has 0 aliphatic rings. The third kappa shape index (κ3) is 3.37. The summed E-state index contributed by atoms with van der Waals surface area (Å²) < 4.78 is 0. The fourth-order valence-corrected chi connectivity index (χ4v) is 1.94. The van der Waals surface area contributed by atoms with E-state index in [9.17, 15) is 4.79 Å². The van der Waals surface area contributed by atoms with Gasteiger partial charge in [0, 0.05) is 31.2 Å². The van der Waals surface area contributed by atoms with Crippen molar-refractivity contribution >= 4 is 17.3 Å². The lowest BCUT2D eigenvalue weighted by molar-refractivity contribution is 0.0951. The molecule has 0 atom stereocenters. The maximum absolute atomic E-state index is 11.8. The number of rotatable bonds is 4. The van der Waals surface area contributed by atoms with Crippen LogP contribution >= 0.6 is 0 Å². The highest BCUT2D eigenvalue weighted by molar-refractivity contribution is 5.93. The van der Waals surface area contributed by atoms with Gasteiger partial charge in [-0.15, -0.1) is 0 Å². The summed E-state index contributed by atoms with van der Waals surface area (Å²) in [6.07, 6.45) is 1.60. The Hall–Kier alpha value is -2.87. The van der Waals surface area contributed by atoms with Crippen molar-refractivity contribution in [1.29, 1.82) is 5.26 Å². The van der Waals surface area contributed by atoms with Crippen molar-refractivity contribution in [3.8, 4) is 6.07 Å². The average Bonchev–Trinajstić information content (AvgIpc) is 2.54. The zero-order valence-corrected chi connectivity index (χ0v) is 12.0. The highest BCUT2D eigenvalue weighted by atomic mass is 16.1. The smallest absolute Gasteiger partial charge is 0.269 e. The lowest BCUT2D eigenvalue weighted by Crippen LogP contribution is -2.24. The van der Waals surface area contributed by atoms with Gasteiger partial charge in [-0.3, -0.25) is 9.78 Å². The fraction of sp³-hybridized carbons (Fsp3) is 0.188. The Morgan fingerprint density at radius 2 is 2.10 bits per heavy atom. The van der Waals surface area contributed by atoms with Gasteiger partial charge >= 0.3 is 0 Å². The van der Waals surface area contributed by atoms with Crippen LogP contribution in [0.15, 0.2) is 42.6 Å². The zero-order chi connectivity index (χ0) is 15.2. The molecule has 2 aromatic rings. The summed E-state index contributed by atoms with van der Waals surface area (Å²) >= 11 is 0. The minimum atomic E-state index is -0.196. The van der Waals surface area contributed by atoms with Crippen molar-refractivity contribution < 1.29 is 4.79 Å². The number of carbonyl (C=O) groups excluding carboxylic acids is 1. The number of anilines is 2. The Bertz CT molecular complexity index is 691. The van der Waals surface area contributed by atoms with E-state index in [1.54, 1.807) is 24.4 Å². The molecule has 1 N–H and O–H groups in total. The van der Waals surface area contributed by atoms with Crippen molar-refractivity contribution in [3.63, 3.8) is 0 Å². The first-order chi connectivity index (χ1) is 10.2. The number of benzene rings is 1. The Labute approximate surface area is 123 Å². The molecule has 5 nitrogen and oxygen atoms in total. The largest absolute Gasteiger partial charge is 0.351 e. The van der Waals surface area contributed by atoms with Gasteiger partial charge in [-0.1, -0.05) is 6.07 Å². The van der Waals surface area contributed by atoms with E-state index in [0.29, 0.717) is 17.8 Å². The van der Waals surface area contributed by atoms with Crippen LogP contribution in [0.3, 0.4) is 0 Å². The van der Waals surface area contributed by atoms with Gasteiger partial charge in [-0.25, -0.2) is 0 Å². The van der Waals surface area contributed by atoms with Crippen LogP contribution in [0.1, 0.15) is 23.0 Å². The van der Waals surface area contributed by atoms with Crippen LogP contribution in [0.5, 0.6) is 0 Å². The van der Waals surface area contributed by atoms with E-state index >= 15 is 0 Å². The topological polar surface area (TPSA) is 69.0 Å². The molecule has 1 aromatic heterocycles. The minimum Gasteiger partial charge on any atom is -0.351 e. The van der Waals surface area contributed by atoms with Gasteiger partial charge in [0.05, 0.1) is 11.6 Å². The molecule has 1 aromatic carbocycles. The van der Waals surface area contributed by atoms with E-state index in [4.69, 9.17) is 5.26 Å². The summed E-state index contributed by atoms with van der Waals surface area (Å²) in [6.45, 7) is 2.42. The van der Waals surface area contributed by atoms with Crippen LogP contribution in [0.2, 0.25) is 0 Å². The number of pyridine rings is 1. The maximum atomic E-state index is 11.8. The first kappa shape index (κ1) is 14.5. The van der Waals surface area contributed by atoms with Crippen molar-refractivity contribution in [1.82, 2.24) is 10.3 Å². The summed E-state index contributed by atoms with van der Waals surface area (Å²) in [4.78, 5) is 17.8. The normalized spacial score (nSPS) is 9.76. The van der Waals surface area contributed by atoms with Crippen molar-refractivity contribution in [2.24, 2.45) is 0 Å². The summed E-state index contributed by atoms with van der Waals surface area (Å²) in [7, 11) is 1.88. The molecule has 0 aliphatic heterocycles. The molecule has 0 spiro atoms. The van der Waals surface area contributed by atoms with Gasteiger partial charge in [0.2, 0.25) is 0 Å². The molecular formula is C16H16N4O. The van der Waals surface area contributed by atoms with E-state index in [1.807, 2.05) is 37.1 Å². The van der Waals surface area contributed by atoms with E-state index in [2.05, 4.69) is 16.4 Å². The number of nitrogens with one attached hydrogen (secondary N) is 1. The van der Waals surface area contributed by atoms with Crippen LogP contribution in [0.4, 0.5) is 11.4 Å². The number of aromatic nitrogens is 1. The lowest BCUT2D eigenvalue weighted by Gasteiger charge is -2.20. The first-order valence-corrected chi connectivity index (χ1v) is 6.64. The third-order valence-electron chi connectivity index (χ3n) is 3.06. The number of hydrogen-bond donors (Lipinski definition) is 1. The highest BCUT2D eigenvalue weighted by Gasteiger charge is 2.10. The monoisotopic (exact) mass is 280 g/mol. The van der Waals surface area contributed by atoms with Gasteiger partial charge < -0.3 is 10.2 Å². The molecule has 0 bridgehead atoms. The first-order valence-electron chi connectivity index (χ1n) is 6.64. The van der Waals surface area contributed by atoms with Gasteiger partial charge in [0.25, 0.3) is 5.91 Å². The second-order valence-corrected chi connectivity index (χ2v) is 4.48. The number of carbonyl (C=O) groups is 1. The Balaban J connectivity index is 2.31. The summed E-state index contributed by atoms with van der Waals surface area (Å²) in [6, 6.07) is 13.0. The van der Waals surface area contributed by atoms with Gasteiger partial charge in [0.1, 0.15) is 5.69 Å². The van der Waals surface area contributed by atoms with Crippen molar-refractivity contribution in [3.05, 3.63) is 53.9 Å². The third-order valence-corrected chi connectivity index (χ3v) is 3.06. The molecule has 0 saturated carbocycles. The maximum Gasteiger partial charge on any atom is 0.269 e. The molecule has 0 aliphatic carbocycles. The molecule has 2 rings (SSSR count). The number of amides is 1. The summed E-state index contributed by atoms with van der Waals surface area (Å²) in [5, 5.41) is 11.7. The van der Waals surface area contributed by atoms with E-state index in [1.165, 1.54) is 0 Å². The molecule has 0 fully saturated rings. The molecule has 106 valence electrons. The van der Waals surface area contributed by atoms with E-state index in [-0.39, 0.29) is 5.91 Å². The van der Waals surface area contributed by atoms with E-state index < -0.39 is 0 Å². The van der Waals surface area contributed by atoms with Crippen LogP contribution in [0, 0.1) is 11.3 Å². The predicted molar refractivity (Wildman–Crippen MR) is 81.5 cm³/mol. The minimum absolute atomic E-state index is 0.196. The highest BCUT2D eigenvalue weighted by Crippen LogP contribution is 2.24. The van der Waals surface area contributed by atoms with Crippen LogP contribution in [-0.4, -0.2) is 24.5 Å². The molecule has 5 heteroatoms. The van der Waals surface area contributed by atoms with Crippen molar-refractivity contribution in [2.75, 3.05) is 18.5 Å². The van der Waals surface area contributed by atoms with Gasteiger partial charge in [0.15, 0.2) is 0 Å². The Kier molecular flexibility index (Phi) is 4.52. The fourth-order valence-electron chi connectivity index (χ4n) is 1.94. The Morgan fingerprint density at radius 1 is 1.33 bits per heavy atom. The van der Waals surface area contributed by atoms with Gasteiger partial charge in [-0.2, -0.15) is 5.26 Å². The second kappa shape index (κ2) is 6.53. The van der Waals surface area contributed by atoms with Gasteiger partial charge in [-0.05, 0) is 37.3 Å². The number of nitriles is 1. The van der Waals surface area contributed by atoms with Crippen LogP contribution in [0.25, 0.3) is 0 Å². The second-order valence-electron chi connectivity index (χ2n) is 4.48. The summed E-state index contributed by atoms with van der Waals surface area (Å²) in [5.41, 5.74) is 2.68. The quantitative estimate of drug-likeness (QED) is 0.934. The average molecular weight is 280 g/mol. The number of hydrogen-bond acceptors (Lipinski definition) is 4. The van der Waals surface area contributed by atoms with Crippen LogP contribution in [-0.2, 0) is 0 Å². The molecule has 21 heavy (non-hydrogen) atoms. The summed E-state index contributed by atoms with van der Waals surface area (Å²) in [5.74, 6) is -0.196. The Morgan fingerprint density at radius 3 is 2.81 bits per heavy atom. The molecular weight excluding hydrogens is 264 g/mol. The SMILES string of the molecule is CCNC(=O)c1cc(N(C)c2cccc(C#N)c2)ccn1. The predicted octanol–water partition coefficient (Wildman–Crippen LogP) is 2.47.